The maximum absolute atomic E-state index is 6.14. The number of quaternary nitrogens is 1. The molecule has 4 rings (SSSR count). The number of rotatable bonds is 5. The maximum Gasteiger partial charge on any atom is 0.202 e. The van der Waals surface area contributed by atoms with Crippen LogP contribution in [0.1, 0.15) is 11.4 Å². The number of aromatic nitrogens is 3. The highest BCUT2D eigenvalue weighted by Crippen LogP contribution is 2.19. The Balaban J connectivity index is 1.40. The van der Waals surface area contributed by atoms with Gasteiger partial charge in [-0.3, -0.25) is 0 Å². The molecule has 1 N–H and O–H groups in total. The van der Waals surface area contributed by atoms with Gasteiger partial charge in [0.25, 0.3) is 0 Å². The fourth-order valence-electron chi connectivity index (χ4n) is 3.69. The minimum atomic E-state index is 0.788. The van der Waals surface area contributed by atoms with Crippen LogP contribution in [-0.2, 0) is 20.1 Å². The molecule has 0 bridgehead atoms. The molecule has 28 heavy (non-hydrogen) atoms. The van der Waals surface area contributed by atoms with E-state index >= 15 is 0 Å². The van der Waals surface area contributed by atoms with Gasteiger partial charge in [-0.15, -0.1) is 0 Å². The van der Waals surface area contributed by atoms with Crippen molar-refractivity contribution in [1.82, 2.24) is 14.3 Å². The van der Waals surface area contributed by atoms with Gasteiger partial charge in [0.2, 0.25) is 4.77 Å². The highest BCUT2D eigenvalue weighted by atomic mass is 35.5. The molecule has 0 aliphatic carbocycles. The van der Waals surface area contributed by atoms with E-state index in [0.29, 0.717) is 0 Å². The lowest BCUT2D eigenvalue weighted by molar-refractivity contribution is -0.924. The maximum atomic E-state index is 6.14. The van der Waals surface area contributed by atoms with E-state index in [2.05, 4.69) is 35.2 Å². The van der Waals surface area contributed by atoms with Crippen molar-refractivity contribution in [1.29, 1.82) is 0 Å². The number of hydrogen-bond donors (Lipinski definition) is 1. The van der Waals surface area contributed by atoms with Crippen LogP contribution in [0.5, 0.6) is 0 Å². The lowest BCUT2D eigenvalue weighted by Crippen LogP contribution is -3.14. The van der Waals surface area contributed by atoms with Crippen molar-refractivity contribution in [2.75, 3.05) is 31.1 Å². The van der Waals surface area contributed by atoms with Gasteiger partial charge in [0, 0.05) is 24.2 Å². The smallest absolute Gasteiger partial charge is 0.202 e. The third-order valence-corrected chi connectivity index (χ3v) is 6.07. The molecule has 0 spiro atoms. The van der Waals surface area contributed by atoms with E-state index in [1.165, 1.54) is 16.2 Å². The Morgan fingerprint density at radius 3 is 2.54 bits per heavy atom. The topological polar surface area (TPSA) is 30.4 Å². The van der Waals surface area contributed by atoms with Crippen molar-refractivity contribution in [3.8, 4) is 0 Å². The Morgan fingerprint density at radius 2 is 1.82 bits per heavy atom. The normalized spacial score (nSPS) is 15.1. The van der Waals surface area contributed by atoms with Gasteiger partial charge in [0.15, 0.2) is 6.67 Å². The summed E-state index contributed by atoms with van der Waals surface area (Å²) in [5.74, 6) is 1.01. The molecule has 1 aromatic heterocycles. The molecule has 0 radical (unpaired) electrons. The molecule has 0 saturated carbocycles. The molecule has 1 aliphatic rings. The molecule has 7 heteroatoms. The first kappa shape index (κ1) is 19.2. The first-order chi connectivity index (χ1) is 13.6. The van der Waals surface area contributed by atoms with E-state index in [9.17, 15) is 0 Å². The van der Waals surface area contributed by atoms with Crippen LogP contribution in [0.25, 0.3) is 0 Å². The number of nitrogens with zero attached hydrogens (tertiary/aromatic N) is 4. The summed E-state index contributed by atoms with van der Waals surface area (Å²) in [4.78, 5) is 3.90. The number of hydrogen-bond acceptors (Lipinski definition) is 3. The zero-order valence-electron chi connectivity index (χ0n) is 16.0. The van der Waals surface area contributed by atoms with E-state index in [0.717, 1.165) is 54.9 Å². The van der Waals surface area contributed by atoms with Gasteiger partial charge in [-0.05, 0) is 36.0 Å². The SMILES string of the molecule is Cn1c(Cc2ccccc2)nn(C[NH+]2CCN(c3cccc(Cl)c3)CC2)c1=S. The van der Waals surface area contributed by atoms with Crippen LogP contribution in [0.4, 0.5) is 5.69 Å². The van der Waals surface area contributed by atoms with Crippen molar-refractivity contribution in [3.63, 3.8) is 0 Å². The lowest BCUT2D eigenvalue weighted by Gasteiger charge is -2.33. The summed E-state index contributed by atoms with van der Waals surface area (Å²) in [6, 6.07) is 18.5. The first-order valence-electron chi connectivity index (χ1n) is 9.61. The highest BCUT2D eigenvalue weighted by molar-refractivity contribution is 7.71. The minimum Gasteiger partial charge on any atom is -0.360 e. The van der Waals surface area contributed by atoms with Crippen LogP contribution < -0.4 is 9.80 Å². The third kappa shape index (κ3) is 4.29. The van der Waals surface area contributed by atoms with Gasteiger partial charge in [0.05, 0.1) is 26.2 Å². The molecule has 3 aromatic rings. The Hall–Kier alpha value is -2.15. The summed E-state index contributed by atoms with van der Waals surface area (Å²) in [6.07, 6.45) is 0.797. The molecule has 146 valence electrons. The standard InChI is InChI=1S/C21H24ClN5S/c1-24-20(14-17-6-3-2-4-7-17)23-27(21(24)28)16-25-10-12-26(13-11-25)19-9-5-8-18(22)15-19/h2-9,15H,10-14,16H2,1H3/p+1. The Morgan fingerprint density at radius 1 is 1.07 bits per heavy atom. The van der Waals surface area contributed by atoms with E-state index in [1.807, 2.05) is 40.6 Å². The summed E-state index contributed by atoms with van der Waals surface area (Å²) in [6.45, 7) is 4.93. The van der Waals surface area contributed by atoms with Gasteiger partial charge in [-0.25, -0.2) is 0 Å². The average molecular weight is 415 g/mol. The van der Waals surface area contributed by atoms with Crippen molar-refractivity contribution in [2.45, 2.75) is 13.1 Å². The number of halogens is 1. The van der Waals surface area contributed by atoms with Crippen LogP contribution in [-0.4, -0.2) is 40.5 Å². The number of benzene rings is 2. The van der Waals surface area contributed by atoms with Crippen LogP contribution in [0.3, 0.4) is 0 Å². The molecular formula is C21H25ClN5S+. The number of nitrogens with one attached hydrogen (secondary N) is 1. The van der Waals surface area contributed by atoms with Crippen molar-refractivity contribution < 1.29 is 4.90 Å². The fraction of sp³-hybridized carbons (Fsp3) is 0.333. The zero-order chi connectivity index (χ0) is 19.5. The lowest BCUT2D eigenvalue weighted by atomic mass is 10.1. The Labute approximate surface area is 175 Å². The molecule has 0 atom stereocenters. The molecule has 2 heterocycles. The van der Waals surface area contributed by atoms with Crippen LogP contribution in [0, 0.1) is 4.77 Å². The van der Waals surface area contributed by atoms with E-state index in [1.54, 1.807) is 0 Å². The Kier molecular flexibility index (Phi) is 5.80. The molecule has 1 saturated heterocycles. The van der Waals surface area contributed by atoms with Crippen LogP contribution in [0.15, 0.2) is 54.6 Å². The molecule has 5 nitrogen and oxygen atoms in total. The second-order valence-electron chi connectivity index (χ2n) is 7.29. The van der Waals surface area contributed by atoms with Gasteiger partial charge >= 0.3 is 0 Å². The molecule has 0 unspecified atom stereocenters. The van der Waals surface area contributed by atoms with Crippen molar-refractivity contribution in [2.24, 2.45) is 7.05 Å². The van der Waals surface area contributed by atoms with Crippen molar-refractivity contribution >= 4 is 29.5 Å². The molecule has 1 fully saturated rings. The van der Waals surface area contributed by atoms with Crippen LogP contribution in [0.2, 0.25) is 5.02 Å². The van der Waals surface area contributed by atoms with E-state index < -0.39 is 0 Å². The predicted molar refractivity (Wildman–Crippen MR) is 116 cm³/mol. The molecule has 2 aromatic carbocycles. The van der Waals surface area contributed by atoms with Gasteiger partial charge in [0.1, 0.15) is 5.82 Å². The Bertz CT molecular complexity index is 990. The van der Waals surface area contributed by atoms with E-state index in [4.69, 9.17) is 28.9 Å². The molecule has 1 aliphatic heterocycles. The largest absolute Gasteiger partial charge is 0.360 e. The third-order valence-electron chi connectivity index (χ3n) is 5.35. The van der Waals surface area contributed by atoms with Gasteiger partial charge < -0.3 is 14.4 Å². The molecule has 0 amide bonds. The highest BCUT2D eigenvalue weighted by Gasteiger charge is 2.22. The number of piperazine rings is 1. The van der Waals surface area contributed by atoms with Crippen molar-refractivity contribution in [3.05, 3.63) is 75.8 Å². The summed E-state index contributed by atoms with van der Waals surface area (Å²) in [5.41, 5.74) is 2.45. The monoisotopic (exact) mass is 414 g/mol. The van der Waals surface area contributed by atoms with Gasteiger partial charge in [-0.2, -0.15) is 9.78 Å². The summed E-state index contributed by atoms with van der Waals surface area (Å²) in [5, 5.41) is 5.60. The summed E-state index contributed by atoms with van der Waals surface area (Å²) < 4.78 is 4.80. The van der Waals surface area contributed by atoms with Gasteiger partial charge in [-0.1, -0.05) is 48.0 Å². The number of anilines is 1. The zero-order valence-corrected chi connectivity index (χ0v) is 17.6. The first-order valence-corrected chi connectivity index (χ1v) is 10.4. The fourth-order valence-corrected chi connectivity index (χ4v) is 4.09. The second-order valence-corrected chi connectivity index (χ2v) is 8.10. The quantitative estimate of drug-likeness (QED) is 0.651. The van der Waals surface area contributed by atoms with E-state index in [-0.39, 0.29) is 0 Å². The molecular weight excluding hydrogens is 390 g/mol. The second kappa shape index (κ2) is 8.47. The summed E-state index contributed by atoms with van der Waals surface area (Å²) >= 11 is 11.8. The van der Waals surface area contributed by atoms with Crippen LogP contribution >= 0.6 is 23.8 Å². The summed E-state index contributed by atoms with van der Waals surface area (Å²) in [7, 11) is 2.01. The average Bonchev–Trinajstić information content (AvgIpc) is 2.97. The minimum absolute atomic E-state index is 0.788. The predicted octanol–water partition coefficient (Wildman–Crippen LogP) is 2.56.